The van der Waals surface area contributed by atoms with E-state index >= 15 is 0 Å². The Kier molecular flexibility index (Phi) is 7.10. The van der Waals surface area contributed by atoms with Gasteiger partial charge in [-0.1, -0.05) is 30.7 Å². The molecule has 0 radical (unpaired) electrons. The number of halogens is 1. The summed E-state index contributed by atoms with van der Waals surface area (Å²) in [5.74, 6) is -1.11. The SMILES string of the molecule is CC[C@H](C(=O)Nc1ccccc1C(N)=O)N(c1cc(Cl)ccc1OC)S(C)(=O)=O. The number of amides is 2. The number of nitrogens with one attached hydrogen (secondary N) is 1. The summed E-state index contributed by atoms with van der Waals surface area (Å²) in [5.41, 5.74) is 5.78. The van der Waals surface area contributed by atoms with Crippen molar-refractivity contribution in [2.45, 2.75) is 19.4 Å². The van der Waals surface area contributed by atoms with Crippen LogP contribution < -0.4 is 20.1 Å². The monoisotopic (exact) mass is 439 g/mol. The number of anilines is 2. The van der Waals surface area contributed by atoms with E-state index in [2.05, 4.69) is 5.32 Å². The van der Waals surface area contributed by atoms with E-state index in [9.17, 15) is 18.0 Å². The van der Waals surface area contributed by atoms with E-state index < -0.39 is 27.9 Å². The van der Waals surface area contributed by atoms with Crippen molar-refractivity contribution in [3.63, 3.8) is 0 Å². The lowest BCUT2D eigenvalue weighted by atomic mass is 10.1. The highest BCUT2D eigenvalue weighted by Gasteiger charge is 2.34. The summed E-state index contributed by atoms with van der Waals surface area (Å²) < 4.78 is 31.5. The molecular weight excluding hydrogens is 418 g/mol. The quantitative estimate of drug-likeness (QED) is 0.655. The van der Waals surface area contributed by atoms with Crippen LogP contribution in [0.3, 0.4) is 0 Å². The number of methoxy groups -OCH3 is 1. The number of nitrogens with two attached hydrogens (primary N) is 1. The summed E-state index contributed by atoms with van der Waals surface area (Å²) in [5, 5.41) is 2.88. The molecule has 0 bridgehead atoms. The fourth-order valence-electron chi connectivity index (χ4n) is 2.89. The second kappa shape index (κ2) is 9.15. The number of ether oxygens (including phenoxy) is 1. The molecule has 2 aromatic carbocycles. The predicted molar refractivity (Wildman–Crippen MR) is 113 cm³/mol. The number of benzene rings is 2. The van der Waals surface area contributed by atoms with Gasteiger partial charge in [-0.05, 0) is 36.8 Å². The van der Waals surface area contributed by atoms with Crippen molar-refractivity contribution < 1.29 is 22.7 Å². The van der Waals surface area contributed by atoms with Crippen molar-refractivity contribution in [1.82, 2.24) is 0 Å². The average Bonchev–Trinajstić information content (AvgIpc) is 2.65. The summed E-state index contributed by atoms with van der Waals surface area (Å²) in [7, 11) is -2.51. The molecule has 2 rings (SSSR count). The highest BCUT2D eigenvalue weighted by molar-refractivity contribution is 7.92. The first-order chi connectivity index (χ1) is 13.6. The molecule has 0 saturated carbocycles. The van der Waals surface area contributed by atoms with Gasteiger partial charge in [-0.2, -0.15) is 0 Å². The lowest BCUT2D eigenvalue weighted by molar-refractivity contribution is -0.117. The molecule has 0 spiro atoms. The van der Waals surface area contributed by atoms with Crippen LogP contribution in [-0.2, 0) is 14.8 Å². The number of rotatable bonds is 8. The molecule has 0 unspecified atom stereocenters. The second-order valence-electron chi connectivity index (χ2n) is 6.20. The van der Waals surface area contributed by atoms with Gasteiger partial charge in [0.1, 0.15) is 11.8 Å². The summed E-state index contributed by atoms with van der Waals surface area (Å²) >= 11 is 6.05. The molecule has 8 nitrogen and oxygen atoms in total. The van der Waals surface area contributed by atoms with Gasteiger partial charge in [0.2, 0.25) is 15.9 Å². The van der Waals surface area contributed by atoms with E-state index in [1.165, 1.54) is 31.4 Å². The number of hydrogen-bond acceptors (Lipinski definition) is 5. The lowest BCUT2D eigenvalue weighted by Gasteiger charge is -2.31. The number of carbonyl (C=O) groups is 2. The zero-order valence-electron chi connectivity index (χ0n) is 16.2. The normalized spacial score (nSPS) is 12.1. The van der Waals surface area contributed by atoms with Gasteiger partial charge >= 0.3 is 0 Å². The summed E-state index contributed by atoms with van der Waals surface area (Å²) in [4.78, 5) is 24.6. The lowest BCUT2D eigenvalue weighted by Crippen LogP contribution is -2.47. The van der Waals surface area contributed by atoms with Gasteiger partial charge in [0, 0.05) is 5.02 Å². The van der Waals surface area contributed by atoms with Crippen LogP contribution in [-0.4, -0.2) is 39.6 Å². The molecule has 0 aliphatic carbocycles. The summed E-state index contributed by atoms with van der Waals surface area (Å²) in [6.07, 6.45) is 1.13. The maximum Gasteiger partial charge on any atom is 0.250 e. The fraction of sp³-hybridized carbons (Fsp3) is 0.263. The molecule has 2 aromatic rings. The van der Waals surface area contributed by atoms with E-state index in [1.54, 1.807) is 25.1 Å². The van der Waals surface area contributed by atoms with Gasteiger partial charge in [-0.3, -0.25) is 13.9 Å². The average molecular weight is 440 g/mol. The first-order valence-corrected chi connectivity index (χ1v) is 10.8. The van der Waals surface area contributed by atoms with Gasteiger partial charge in [0.25, 0.3) is 5.91 Å². The van der Waals surface area contributed by atoms with E-state index in [1.807, 2.05) is 0 Å². The third-order valence-corrected chi connectivity index (χ3v) is 5.56. The van der Waals surface area contributed by atoms with Crippen molar-refractivity contribution in [3.05, 3.63) is 53.1 Å². The minimum atomic E-state index is -3.90. The molecule has 10 heteroatoms. The molecule has 0 aliphatic heterocycles. The topological polar surface area (TPSA) is 119 Å². The third kappa shape index (κ3) is 5.18. The summed E-state index contributed by atoms with van der Waals surface area (Å²) in [6.45, 7) is 1.67. The highest BCUT2D eigenvalue weighted by atomic mass is 35.5. The Morgan fingerprint density at radius 2 is 1.90 bits per heavy atom. The van der Waals surface area contributed by atoms with Crippen LogP contribution in [0.5, 0.6) is 5.75 Å². The number of para-hydroxylation sites is 1. The number of carbonyl (C=O) groups excluding carboxylic acids is 2. The molecule has 156 valence electrons. The van der Waals surface area contributed by atoms with Crippen LogP contribution >= 0.6 is 11.6 Å². The molecule has 1 atom stereocenters. The Bertz CT molecular complexity index is 1030. The van der Waals surface area contributed by atoms with Crippen LogP contribution in [0.15, 0.2) is 42.5 Å². The van der Waals surface area contributed by atoms with E-state index in [4.69, 9.17) is 22.1 Å². The zero-order valence-corrected chi connectivity index (χ0v) is 17.8. The maximum atomic E-state index is 13.0. The molecule has 0 aliphatic rings. The van der Waals surface area contributed by atoms with Crippen molar-refractivity contribution in [2.24, 2.45) is 5.73 Å². The van der Waals surface area contributed by atoms with Crippen molar-refractivity contribution in [2.75, 3.05) is 23.0 Å². The van der Waals surface area contributed by atoms with Gasteiger partial charge in [0.15, 0.2) is 0 Å². The Balaban J connectivity index is 2.52. The van der Waals surface area contributed by atoms with Gasteiger partial charge < -0.3 is 15.8 Å². The minimum absolute atomic E-state index is 0.113. The van der Waals surface area contributed by atoms with Gasteiger partial charge in [0.05, 0.1) is 30.3 Å². The Morgan fingerprint density at radius 1 is 1.24 bits per heavy atom. The highest BCUT2D eigenvalue weighted by Crippen LogP contribution is 2.35. The standard InChI is InChI=1S/C19H22ClN3O5S/c1-4-15(19(25)22-14-8-6-5-7-13(14)18(21)24)23(29(3,26)27)16-11-12(20)9-10-17(16)28-2/h5-11,15H,4H2,1-3H3,(H2,21,24)(H,22,25)/t15-/m1/s1. The first-order valence-electron chi connectivity index (χ1n) is 8.62. The van der Waals surface area contributed by atoms with Crippen LogP contribution in [0.2, 0.25) is 5.02 Å². The Morgan fingerprint density at radius 3 is 2.45 bits per heavy atom. The number of hydrogen-bond donors (Lipinski definition) is 2. The van der Waals surface area contributed by atoms with E-state index in [0.29, 0.717) is 0 Å². The molecule has 0 heterocycles. The maximum absolute atomic E-state index is 13.0. The van der Waals surface area contributed by atoms with Crippen LogP contribution in [0, 0.1) is 0 Å². The molecule has 29 heavy (non-hydrogen) atoms. The molecule has 3 N–H and O–H groups in total. The first kappa shape index (κ1) is 22.5. The smallest absolute Gasteiger partial charge is 0.250 e. The molecule has 2 amide bonds. The molecule has 0 saturated heterocycles. The summed E-state index contributed by atoms with van der Waals surface area (Å²) in [6, 6.07) is 9.55. The Labute approximate surface area is 174 Å². The molecule has 0 fully saturated rings. The molecular formula is C19H22ClN3O5S. The fourth-order valence-corrected chi connectivity index (χ4v) is 4.27. The largest absolute Gasteiger partial charge is 0.495 e. The van der Waals surface area contributed by atoms with Crippen LogP contribution in [0.25, 0.3) is 0 Å². The zero-order chi connectivity index (χ0) is 21.8. The predicted octanol–water partition coefficient (Wildman–Crippen LogP) is 2.63. The molecule has 0 aromatic heterocycles. The van der Waals surface area contributed by atoms with E-state index in [0.717, 1.165) is 10.6 Å². The third-order valence-electron chi connectivity index (χ3n) is 4.16. The van der Waals surface area contributed by atoms with Crippen LogP contribution in [0.4, 0.5) is 11.4 Å². The van der Waals surface area contributed by atoms with Gasteiger partial charge in [-0.25, -0.2) is 8.42 Å². The number of sulfonamides is 1. The van der Waals surface area contributed by atoms with Crippen molar-refractivity contribution >= 4 is 44.8 Å². The Hall–Kier alpha value is -2.78. The van der Waals surface area contributed by atoms with Crippen molar-refractivity contribution in [1.29, 1.82) is 0 Å². The van der Waals surface area contributed by atoms with E-state index in [-0.39, 0.29) is 34.1 Å². The van der Waals surface area contributed by atoms with Gasteiger partial charge in [-0.15, -0.1) is 0 Å². The second-order valence-corrected chi connectivity index (χ2v) is 8.49. The number of primary amides is 1. The van der Waals surface area contributed by atoms with Crippen molar-refractivity contribution in [3.8, 4) is 5.75 Å². The van der Waals surface area contributed by atoms with Crippen LogP contribution in [0.1, 0.15) is 23.7 Å². The number of nitrogens with zero attached hydrogens (tertiary/aromatic N) is 1. The minimum Gasteiger partial charge on any atom is -0.495 e.